The monoisotopic (exact) mass is 876 g/mol. The van der Waals surface area contributed by atoms with Crippen LogP contribution in [-0.2, 0) is 5.41 Å². The minimum absolute atomic E-state index is 0.368. The molecular formula is C67H44N2. The second-order valence-corrected chi connectivity index (χ2v) is 18.3. The van der Waals surface area contributed by atoms with Crippen molar-refractivity contribution in [3.05, 3.63) is 289 Å². The number of aromatic nitrogens is 1. The van der Waals surface area contributed by atoms with Crippen LogP contribution < -0.4 is 4.90 Å². The highest BCUT2D eigenvalue weighted by molar-refractivity contribution is 6.10. The van der Waals surface area contributed by atoms with Crippen molar-refractivity contribution in [2.75, 3.05) is 4.90 Å². The number of anilines is 3. The molecule has 11 aromatic carbocycles. The minimum Gasteiger partial charge on any atom is -0.311 e. The number of rotatable bonds is 7. The highest BCUT2D eigenvalue weighted by Crippen LogP contribution is 2.64. The van der Waals surface area contributed by atoms with E-state index in [1.54, 1.807) is 0 Å². The quantitative estimate of drug-likeness (QED) is 0.155. The average Bonchev–Trinajstić information content (AvgIpc) is 4.04. The van der Waals surface area contributed by atoms with Crippen molar-refractivity contribution in [3.63, 3.8) is 0 Å². The molecule has 0 fully saturated rings. The SMILES string of the molecule is c1ccc(N(c2ccc(-c3ccc(-c4ccccc4-n4c5ccccc5c5ccccc54)cc3)cc2)c2ccc(-c3cccc4c3-c3ccccc3C43c4ccccc4-c4ccccc43)cc2)cc1. The first kappa shape index (κ1) is 39.2. The van der Waals surface area contributed by atoms with E-state index in [1.807, 2.05) is 0 Å². The lowest BCUT2D eigenvalue weighted by Gasteiger charge is -2.30. The first-order chi connectivity index (χ1) is 34.3. The van der Waals surface area contributed by atoms with Gasteiger partial charge in [-0.05, 0) is 127 Å². The maximum atomic E-state index is 2.41. The molecule has 0 amide bonds. The second-order valence-electron chi connectivity index (χ2n) is 18.3. The Hall–Kier alpha value is -8.98. The number of hydrogen-bond acceptors (Lipinski definition) is 1. The summed E-state index contributed by atoms with van der Waals surface area (Å²) in [4.78, 5) is 2.36. The van der Waals surface area contributed by atoms with Crippen LogP contribution in [0, 0.1) is 0 Å². The Morgan fingerprint density at radius 3 is 1.26 bits per heavy atom. The van der Waals surface area contributed by atoms with Gasteiger partial charge in [-0.15, -0.1) is 0 Å². The zero-order chi connectivity index (χ0) is 45.5. The zero-order valence-electron chi connectivity index (χ0n) is 37.8. The summed E-state index contributed by atoms with van der Waals surface area (Å²) in [5, 5.41) is 2.53. The molecule has 12 aromatic rings. The summed E-state index contributed by atoms with van der Waals surface area (Å²) in [5.41, 5.74) is 24.5. The fraction of sp³-hybridized carbons (Fsp3) is 0.0149. The predicted octanol–water partition coefficient (Wildman–Crippen LogP) is 17.6. The van der Waals surface area contributed by atoms with Crippen LogP contribution in [0.5, 0.6) is 0 Å². The Bertz CT molecular complexity index is 3840. The van der Waals surface area contributed by atoms with E-state index >= 15 is 0 Å². The molecule has 0 saturated heterocycles. The molecule has 322 valence electrons. The second kappa shape index (κ2) is 15.6. The number of nitrogens with zero attached hydrogens (tertiary/aromatic N) is 2. The van der Waals surface area contributed by atoms with Gasteiger partial charge in [0.15, 0.2) is 0 Å². The van der Waals surface area contributed by atoms with Gasteiger partial charge in [0.2, 0.25) is 0 Å². The van der Waals surface area contributed by atoms with Crippen LogP contribution in [0.25, 0.3) is 83.1 Å². The minimum atomic E-state index is -0.368. The largest absolute Gasteiger partial charge is 0.311 e. The van der Waals surface area contributed by atoms with E-state index in [0.29, 0.717) is 0 Å². The summed E-state index contributed by atoms with van der Waals surface area (Å²) in [6.07, 6.45) is 0. The van der Waals surface area contributed by atoms with Gasteiger partial charge in [0.1, 0.15) is 0 Å². The third-order valence-corrected chi connectivity index (χ3v) is 14.9. The van der Waals surface area contributed by atoms with E-state index in [9.17, 15) is 0 Å². The average molecular weight is 877 g/mol. The summed E-state index contributed by atoms with van der Waals surface area (Å²) < 4.78 is 2.41. The molecule has 0 radical (unpaired) electrons. The van der Waals surface area contributed by atoms with Crippen molar-refractivity contribution < 1.29 is 0 Å². The molecule has 0 saturated carbocycles. The summed E-state index contributed by atoms with van der Waals surface area (Å²) >= 11 is 0. The van der Waals surface area contributed by atoms with E-state index in [-0.39, 0.29) is 5.41 Å². The van der Waals surface area contributed by atoms with Crippen molar-refractivity contribution in [2.24, 2.45) is 0 Å². The van der Waals surface area contributed by atoms with Crippen LogP contribution in [0.3, 0.4) is 0 Å². The van der Waals surface area contributed by atoms with Gasteiger partial charge in [-0.1, -0.05) is 212 Å². The standard InChI is InChI=1S/C67H44N2/c1-2-17-49(18-3-1)68(50-41-37-46(38-42-50)45-33-35-47(36-34-45)52-19-7-13-30-63(52)69-64-31-14-8-22-56(64)57-23-9-15-32-65(57)69)51-43-39-48(40-44-51)53-25-16-29-62-66(53)58-24-6-12-28-61(58)67(62)59-26-10-4-20-54(59)55-21-5-11-27-60(55)67/h1-44H. The maximum Gasteiger partial charge on any atom is 0.0725 e. The van der Waals surface area contributed by atoms with Crippen LogP contribution >= 0.6 is 0 Å². The molecule has 0 aliphatic heterocycles. The molecule has 2 heteroatoms. The van der Waals surface area contributed by atoms with Gasteiger partial charge in [-0.2, -0.15) is 0 Å². The molecule has 0 N–H and O–H groups in total. The summed E-state index contributed by atoms with van der Waals surface area (Å²) in [5.74, 6) is 0. The molecule has 2 nitrogen and oxygen atoms in total. The third kappa shape index (κ3) is 5.86. The van der Waals surface area contributed by atoms with Crippen molar-refractivity contribution in [3.8, 4) is 61.3 Å². The molecule has 1 aromatic heterocycles. The lowest BCUT2D eigenvalue weighted by atomic mass is 9.70. The molecule has 2 aliphatic rings. The predicted molar refractivity (Wildman–Crippen MR) is 288 cm³/mol. The lowest BCUT2D eigenvalue weighted by Crippen LogP contribution is -2.25. The fourth-order valence-electron chi connectivity index (χ4n) is 11.9. The van der Waals surface area contributed by atoms with E-state index in [1.165, 1.54) is 105 Å². The van der Waals surface area contributed by atoms with E-state index in [2.05, 4.69) is 276 Å². The molecule has 1 spiro atoms. The first-order valence-electron chi connectivity index (χ1n) is 23.9. The summed E-state index contributed by atoms with van der Waals surface area (Å²) in [7, 11) is 0. The normalized spacial score (nSPS) is 12.8. The highest BCUT2D eigenvalue weighted by Gasteiger charge is 2.52. The Balaban J connectivity index is 0.802. The fourth-order valence-corrected chi connectivity index (χ4v) is 11.9. The molecule has 2 aliphatic carbocycles. The molecule has 0 unspecified atom stereocenters. The van der Waals surface area contributed by atoms with Gasteiger partial charge in [-0.25, -0.2) is 0 Å². The number of benzene rings is 11. The van der Waals surface area contributed by atoms with Crippen LogP contribution in [0.1, 0.15) is 22.3 Å². The molecule has 0 bridgehead atoms. The van der Waals surface area contributed by atoms with Gasteiger partial charge in [-0.3, -0.25) is 0 Å². The van der Waals surface area contributed by atoms with Crippen molar-refractivity contribution in [2.45, 2.75) is 5.41 Å². The first-order valence-corrected chi connectivity index (χ1v) is 23.9. The van der Waals surface area contributed by atoms with Gasteiger partial charge in [0.05, 0.1) is 22.1 Å². The highest BCUT2D eigenvalue weighted by atomic mass is 15.1. The maximum absolute atomic E-state index is 2.41. The molecule has 69 heavy (non-hydrogen) atoms. The number of para-hydroxylation sites is 4. The third-order valence-electron chi connectivity index (χ3n) is 14.9. The van der Waals surface area contributed by atoms with Crippen LogP contribution in [0.4, 0.5) is 17.1 Å². The van der Waals surface area contributed by atoms with Crippen molar-refractivity contribution >= 4 is 38.9 Å². The number of hydrogen-bond donors (Lipinski definition) is 0. The Labute approximate surface area is 402 Å². The molecular weight excluding hydrogens is 833 g/mol. The van der Waals surface area contributed by atoms with Gasteiger partial charge < -0.3 is 9.47 Å². The summed E-state index contributed by atoms with van der Waals surface area (Å²) in [6.45, 7) is 0. The topological polar surface area (TPSA) is 8.17 Å². The lowest BCUT2D eigenvalue weighted by molar-refractivity contribution is 0.794. The van der Waals surface area contributed by atoms with Crippen LogP contribution in [0.15, 0.2) is 267 Å². The van der Waals surface area contributed by atoms with Gasteiger partial charge >= 0.3 is 0 Å². The van der Waals surface area contributed by atoms with E-state index in [4.69, 9.17) is 0 Å². The Morgan fingerprint density at radius 2 is 0.652 bits per heavy atom. The Kier molecular flexibility index (Phi) is 8.84. The Morgan fingerprint density at radius 1 is 0.261 bits per heavy atom. The van der Waals surface area contributed by atoms with Crippen molar-refractivity contribution in [1.82, 2.24) is 4.57 Å². The van der Waals surface area contributed by atoms with Gasteiger partial charge in [0.25, 0.3) is 0 Å². The van der Waals surface area contributed by atoms with Crippen LogP contribution in [0.2, 0.25) is 0 Å². The molecule has 14 rings (SSSR count). The summed E-state index contributed by atoms with van der Waals surface area (Å²) in [6, 6.07) is 98.2. The van der Waals surface area contributed by atoms with E-state index in [0.717, 1.165) is 17.1 Å². The smallest absolute Gasteiger partial charge is 0.0725 e. The number of fused-ring (bicyclic) bond motifs is 13. The zero-order valence-corrected chi connectivity index (χ0v) is 37.8. The van der Waals surface area contributed by atoms with E-state index < -0.39 is 0 Å². The van der Waals surface area contributed by atoms with Gasteiger partial charge in [0, 0.05) is 33.4 Å². The molecule has 1 heterocycles. The molecule has 0 atom stereocenters. The van der Waals surface area contributed by atoms with Crippen LogP contribution in [-0.4, -0.2) is 4.57 Å². The van der Waals surface area contributed by atoms with Crippen molar-refractivity contribution in [1.29, 1.82) is 0 Å².